The summed E-state index contributed by atoms with van der Waals surface area (Å²) in [5.41, 5.74) is 0. The molecule has 0 amide bonds. The SMILES string of the molecule is [SiH3]N([SiH3])[SiH2]NCCN[SiH2]N([SiH3])[SiH3]. The van der Waals surface area contributed by atoms with E-state index in [0.29, 0.717) is 0 Å². The molecule has 0 unspecified atom stereocenters. The van der Waals surface area contributed by atoms with Crippen LogP contribution in [-0.4, -0.2) is 82.2 Å². The van der Waals surface area contributed by atoms with Crippen LogP contribution in [0.25, 0.3) is 0 Å². The smallest absolute Gasteiger partial charge is 0.155 e. The van der Waals surface area contributed by atoms with E-state index in [4.69, 9.17) is 0 Å². The van der Waals surface area contributed by atoms with Gasteiger partial charge in [0.2, 0.25) is 0 Å². The van der Waals surface area contributed by atoms with Crippen molar-refractivity contribution in [2.75, 3.05) is 13.1 Å². The van der Waals surface area contributed by atoms with Crippen LogP contribution in [0.3, 0.4) is 0 Å². The minimum Gasteiger partial charge on any atom is -0.376 e. The Morgan fingerprint density at radius 3 is 1.42 bits per heavy atom. The fourth-order valence-electron chi connectivity index (χ4n) is 0.782. The monoisotopic (exact) mass is 270 g/mol. The third-order valence-corrected chi connectivity index (χ3v) is 7.55. The zero-order valence-corrected chi connectivity index (χ0v) is 19.6. The predicted molar refractivity (Wildman–Crippen MR) is 76.5 cm³/mol. The average molecular weight is 271 g/mol. The molecule has 0 aromatic carbocycles. The summed E-state index contributed by atoms with van der Waals surface area (Å²) in [5.74, 6) is 0. The molecule has 0 bridgehead atoms. The average Bonchev–Trinajstić information content (AvgIpc) is 1.95. The molecule has 0 heterocycles. The Kier molecular flexibility index (Phi) is 9.56. The minimum absolute atomic E-state index is 0.0153. The van der Waals surface area contributed by atoms with Gasteiger partial charge in [-0.1, -0.05) is 0 Å². The highest BCUT2D eigenvalue weighted by Gasteiger charge is 1.91. The molecule has 0 aliphatic rings. The number of nitrogens with zero attached hydrogens (tertiary/aromatic N) is 2. The molecule has 0 rings (SSSR count). The van der Waals surface area contributed by atoms with Crippen molar-refractivity contribution in [1.82, 2.24) is 17.8 Å². The molecule has 10 heteroatoms. The van der Waals surface area contributed by atoms with Crippen LogP contribution in [-0.2, 0) is 0 Å². The van der Waals surface area contributed by atoms with Crippen molar-refractivity contribution >= 4 is 61.3 Å². The van der Waals surface area contributed by atoms with Gasteiger partial charge in [0, 0.05) is 13.1 Å². The third kappa shape index (κ3) is 11.1. The van der Waals surface area contributed by atoms with Crippen molar-refractivity contribution in [3.8, 4) is 0 Å². The van der Waals surface area contributed by atoms with Crippen molar-refractivity contribution in [2.24, 2.45) is 0 Å². The van der Waals surface area contributed by atoms with E-state index >= 15 is 0 Å². The van der Waals surface area contributed by atoms with Gasteiger partial charge >= 0.3 is 0 Å². The van der Waals surface area contributed by atoms with Crippen molar-refractivity contribution in [2.45, 2.75) is 0 Å². The zero-order chi connectivity index (χ0) is 9.40. The lowest BCUT2D eigenvalue weighted by molar-refractivity contribution is 0.812. The maximum atomic E-state index is 3.56. The van der Waals surface area contributed by atoms with Gasteiger partial charge in [-0.15, -0.1) is 0 Å². The van der Waals surface area contributed by atoms with Crippen LogP contribution in [0.15, 0.2) is 0 Å². The number of hydrogen-bond donors (Lipinski definition) is 2. The minimum atomic E-state index is -0.0153. The van der Waals surface area contributed by atoms with Crippen LogP contribution in [0.1, 0.15) is 0 Å². The fourth-order valence-corrected chi connectivity index (χ4v) is 5.03. The fraction of sp³-hybridized carbons (Fsp3) is 1.00. The summed E-state index contributed by atoms with van der Waals surface area (Å²) in [5, 5.41) is 0. The molecular weight excluding hydrogens is 249 g/mol. The van der Waals surface area contributed by atoms with Gasteiger partial charge in [-0.3, -0.25) is 0 Å². The standard InChI is InChI=1S/C2H22N4Si6/c7-5(8)11-3-1-2-4-12-6(9)10/h3-4H,1-2,11-12H2,7-10H3. The van der Waals surface area contributed by atoms with Gasteiger partial charge in [0.25, 0.3) is 0 Å². The highest BCUT2D eigenvalue weighted by atomic mass is 28.3. The van der Waals surface area contributed by atoms with E-state index in [0.717, 1.165) is 0 Å². The van der Waals surface area contributed by atoms with Gasteiger partial charge in [-0.25, -0.2) is 0 Å². The van der Waals surface area contributed by atoms with E-state index < -0.39 is 0 Å². The first-order valence-electron chi connectivity index (χ1n) is 4.34. The number of nitrogens with one attached hydrogen (secondary N) is 2. The first-order valence-corrected chi connectivity index (χ1v) is 10.6. The summed E-state index contributed by atoms with van der Waals surface area (Å²) in [4.78, 5) is 7.11. The Morgan fingerprint density at radius 2 is 1.17 bits per heavy atom. The lowest BCUT2D eigenvalue weighted by Gasteiger charge is -2.13. The van der Waals surface area contributed by atoms with Crippen LogP contribution < -0.4 is 9.96 Å². The molecule has 0 aliphatic heterocycles. The van der Waals surface area contributed by atoms with E-state index in [1.807, 2.05) is 0 Å². The molecule has 0 radical (unpaired) electrons. The maximum Gasteiger partial charge on any atom is 0.155 e. The second-order valence-electron chi connectivity index (χ2n) is 3.48. The molecule has 2 N–H and O–H groups in total. The summed E-state index contributed by atoms with van der Waals surface area (Å²) in [7, 11) is 5.05. The first-order chi connectivity index (χ1) is 5.63. The topological polar surface area (TPSA) is 30.5 Å². The summed E-state index contributed by atoms with van der Waals surface area (Å²) in [6.45, 7) is 2.38. The molecule has 0 atom stereocenters. The Labute approximate surface area is 92.2 Å². The van der Waals surface area contributed by atoms with Crippen molar-refractivity contribution < 1.29 is 0 Å². The molecule has 0 saturated heterocycles. The van der Waals surface area contributed by atoms with Crippen LogP contribution in [0, 0.1) is 0 Å². The van der Waals surface area contributed by atoms with Crippen LogP contribution >= 0.6 is 0 Å². The molecule has 0 aromatic heterocycles. The zero-order valence-electron chi connectivity index (χ0n) is 8.72. The van der Waals surface area contributed by atoms with Crippen LogP contribution in [0.5, 0.6) is 0 Å². The Hall–Kier alpha value is 1.14. The molecular formula is C2H22N4Si6. The Bertz CT molecular complexity index is 87.5. The third-order valence-electron chi connectivity index (χ3n) is 1.33. The first kappa shape index (κ1) is 13.1. The lowest BCUT2D eigenvalue weighted by Crippen LogP contribution is -2.41. The molecule has 0 saturated carbocycles. The lowest BCUT2D eigenvalue weighted by atomic mass is 10.7. The van der Waals surface area contributed by atoms with E-state index in [2.05, 4.69) is 17.8 Å². The van der Waals surface area contributed by atoms with Crippen molar-refractivity contribution in [3.05, 3.63) is 0 Å². The largest absolute Gasteiger partial charge is 0.376 e. The van der Waals surface area contributed by atoms with Gasteiger partial charge < -0.3 is 17.8 Å². The molecule has 74 valence electrons. The van der Waals surface area contributed by atoms with Gasteiger partial charge in [0.1, 0.15) is 0 Å². The number of rotatable bonds is 7. The van der Waals surface area contributed by atoms with Crippen molar-refractivity contribution in [1.29, 1.82) is 0 Å². The second kappa shape index (κ2) is 8.73. The highest BCUT2D eigenvalue weighted by Crippen LogP contribution is 1.62. The Morgan fingerprint density at radius 1 is 0.833 bits per heavy atom. The molecule has 4 nitrogen and oxygen atoms in total. The molecule has 0 spiro atoms. The summed E-state index contributed by atoms with van der Waals surface area (Å²) in [6, 6.07) is 0. The van der Waals surface area contributed by atoms with E-state index in [9.17, 15) is 0 Å². The summed E-state index contributed by atoms with van der Waals surface area (Å²) in [6.07, 6.45) is 0. The summed E-state index contributed by atoms with van der Waals surface area (Å²) < 4.78 is 5.12. The molecule has 0 aromatic rings. The molecule has 12 heavy (non-hydrogen) atoms. The van der Waals surface area contributed by atoms with Crippen molar-refractivity contribution in [3.63, 3.8) is 0 Å². The predicted octanol–water partition coefficient (Wildman–Crippen LogP) is -8.11. The molecule has 0 aliphatic carbocycles. The summed E-state index contributed by atoms with van der Waals surface area (Å²) >= 11 is 0. The van der Waals surface area contributed by atoms with Crippen LogP contribution in [0.2, 0.25) is 0 Å². The number of hydrogen-bond acceptors (Lipinski definition) is 4. The normalized spacial score (nSPS) is 14.5. The van der Waals surface area contributed by atoms with Gasteiger partial charge in [-0.05, 0) is 0 Å². The quantitative estimate of drug-likeness (QED) is 0.355. The van der Waals surface area contributed by atoms with E-state index in [1.165, 1.54) is 54.7 Å². The molecule has 0 fully saturated rings. The Balaban J connectivity index is 2.91. The second-order valence-corrected chi connectivity index (χ2v) is 22.4. The van der Waals surface area contributed by atoms with Gasteiger partial charge in [0.15, 0.2) is 19.7 Å². The highest BCUT2D eigenvalue weighted by molar-refractivity contribution is 6.51. The van der Waals surface area contributed by atoms with Crippen LogP contribution in [0.4, 0.5) is 0 Å². The maximum absolute atomic E-state index is 3.56. The van der Waals surface area contributed by atoms with E-state index in [-0.39, 0.29) is 19.7 Å². The van der Waals surface area contributed by atoms with E-state index in [1.54, 1.807) is 0 Å². The van der Waals surface area contributed by atoms with Gasteiger partial charge in [0.05, 0.1) is 41.6 Å². The van der Waals surface area contributed by atoms with Gasteiger partial charge in [-0.2, -0.15) is 0 Å².